The molecule has 3 amide bonds. The highest BCUT2D eigenvalue weighted by atomic mass is 19.3. The van der Waals surface area contributed by atoms with Gasteiger partial charge in [-0.25, -0.2) is 18.1 Å². The maximum atomic E-state index is 14.2. The van der Waals surface area contributed by atoms with E-state index in [0.717, 1.165) is 58.4 Å². The predicted molar refractivity (Wildman–Crippen MR) is 213 cm³/mol. The molecule has 2 N–H and O–H groups in total. The van der Waals surface area contributed by atoms with Crippen LogP contribution in [-0.2, 0) is 16.6 Å². The maximum Gasteiger partial charge on any atom is 0.329 e. The molecule has 4 aromatic heterocycles. The van der Waals surface area contributed by atoms with Crippen molar-refractivity contribution in [2.45, 2.75) is 77.0 Å². The number of para-hydroxylation sites is 1. The van der Waals surface area contributed by atoms with Gasteiger partial charge in [-0.15, -0.1) is 0 Å². The first-order chi connectivity index (χ1) is 28.4. The summed E-state index contributed by atoms with van der Waals surface area (Å²) in [5, 5.41) is 13.4. The molecular weight excluding hydrogens is 765 g/mol. The number of benzene rings is 1. The van der Waals surface area contributed by atoms with Gasteiger partial charge in [-0.05, 0) is 64.0 Å². The van der Waals surface area contributed by atoms with Gasteiger partial charge >= 0.3 is 5.69 Å². The number of piperazine rings is 1. The van der Waals surface area contributed by atoms with Crippen LogP contribution < -0.4 is 21.1 Å². The number of hydrogen-bond donors (Lipinski definition) is 2. The summed E-state index contributed by atoms with van der Waals surface area (Å²) >= 11 is 0. The number of ether oxygens (including phenoxy) is 1. The van der Waals surface area contributed by atoms with Gasteiger partial charge in [0.2, 0.25) is 17.7 Å². The average molecular weight is 812 g/mol. The van der Waals surface area contributed by atoms with Gasteiger partial charge in [0, 0.05) is 64.7 Å². The van der Waals surface area contributed by atoms with Gasteiger partial charge < -0.3 is 15.0 Å². The molecule has 6 heterocycles. The van der Waals surface area contributed by atoms with Gasteiger partial charge in [0.1, 0.15) is 11.6 Å². The van der Waals surface area contributed by atoms with Crippen molar-refractivity contribution in [3.05, 3.63) is 70.2 Å². The number of imide groups is 1. The van der Waals surface area contributed by atoms with Gasteiger partial charge in [0.25, 0.3) is 12.3 Å². The van der Waals surface area contributed by atoms with Crippen LogP contribution in [0.2, 0.25) is 0 Å². The molecule has 1 aliphatic carbocycles. The number of carbonyl (C=O) groups is 3. The Balaban J connectivity index is 0.830. The van der Waals surface area contributed by atoms with E-state index in [1.54, 1.807) is 30.1 Å². The number of halogens is 2. The minimum atomic E-state index is -2.87. The number of aryl methyl sites for hydroxylation is 1. The lowest BCUT2D eigenvalue weighted by Crippen LogP contribution is -2.48. The Morgan fingerprint density at radius 3 is 2.53 bits per heavy atom. The van der Waals surface area contributed by atoms with Crippen LogP contribution in [0, 0.1) is 17.8 Å². The zero-order valence-electron chi connectivity index (χ0n) is 33.2. The van der Waals surface area contributed by atoms with Crippen LogP contribution in [0.3, 0.4) is 0 Å². The molecule has 1 atom stereocenters. The molecule has 0 radical (unpaired) electrons. The van der Waals surface area contributed by atoms with Gasteiger partial charge in [0.15, 0.2) is 11.3 Å². The molecule has 310 valence electrons. The standard InChI is InChI=1S/C41H47F2N11O5/c1-25(2)59-34-15-17-52-38(47-34)29(22-44-52)39(56)45-30-24-53(48-35(30)37(42)43)28-11-9-26(10-12-28)23-51-20-18-50(19-21-51)16-5-7-27-6-4-8-31-36(27)49(3)41(58)54(31)32-13-14-33(55)46-40(32)57/h4,6,8,15,17,22,24-26,28,32,37H,9-14,16,18-21,23H2,1-3H3,(H,45,56)(H,46,55,57)/t26-,28-,32?. The van der Waals surface area contributed by atoms with E-state index in [-0.39, 0.29) is 53.5 Å². The number of imidazole rings is 1. The van der Waals surface area contributed by atoms with Crippen molar-refractivity contribution in [2.24, 2.45) is 13.0 Å². The van der Waals surface area contributed by atoms with E-state index in [4.69, 9.17) is 4.74 Å². The van der Waals surface area contributed by atoms with Crippen molar-refractivity contribution in [1.29, 1.82) is 0 Å². The summed E-state index contributed by atoms with van der Waals surface area (Å²) in [5.41, 5.74) is 1.54. The lowest BCUT2D eigenvalue weighted by Gasteiger charge is -2.37. The predicted octanol–water partition coefficient (Wildman–Crippen LogP) is 3.93. The minimum absolute atomic E-state index is 0.0323. The van der Waals surface area contributed by atoms with Crippen molar-refractivity contribution in [3.8, 4) is 17.7 Å². The number of carbonyl (C=O) groups excluding carboxylic acids is 3. The molecule has 2 aliphatic heterocycles. The molecule has 0 bridgehead atoms. The third-order valence-corrected chi connectivity index (χ3v) is 11.5. The lowest BCUT2D eigenvalue weighted by atomic mass is 9.85. The molecule has 5 aromatic rings. The molecule has 3 fully saturated rings. The summed E-state index contributed by atoms with van der Waals surface area (Å²) in [6.45, 7) is 8.83. The highest BCUT2D eigenvalue weighted by molar-refractivity contribution is 6.08. The number of aromatic nitrogens is 7. The van der Waals surface area contributed by atoms with Gasteiger partial charge in [-0.2, -0.15) is 15.2 Å². The number of piperidine rings is 1. The van der Waals surface area contributed by atoms with Gasteiger partial charge in [-0.1, -0.05) is 17.9 Å². The molecule has 2 saturated heterocycles. The minimum Gasteiger partial charge on any atom is -0.475 e. The number of fused-ring (bicyclic) bond motifs is 2. The largest absolute Gasteiger partial charge is 0.475 e. The van der Waals surface area contributed by atoms with Crippen LogP contribution in [-0.4, -0.2) is 106 Å². The number of rotatable bonds is 10. The molecular formula is C41H47F2N11O5. The van der Waals surface area contributed by atoms with E-state index in [2.05, 4.69) is 47.5 Å². The normalized spacial score (nSPS) is 20.6. The second kappa shape index (κ2) is 16.7. The van der Waals surface area contributed by atoms with Crippen molar-refractivity contribution in [2.75, 3.05) is 44.6 Å². The summed E-state index contributed by atoms with van der Waals surface area (Å²) in [6.07, 6.45) is 5.41. The van der Waals surface area contributed by atoms with Gasteiger partial charge in [0.05, 0.1) is 47.2 Å². The Bertz CT molecular complexity index is 2510. The summed E-state index contributed by atoms with van der Waals surface area (Å²) in [4.78, 5) is 60.0. The van der Waals surface area contributed by atoms with Crippen molar-refractivity contribution in [1.82, 2.24) is 48.6 Å². The number of amides is 3. The monoisotopic (exact) mass is 811 g/mol. The highest BCUT2D eigenvalue weighted by Gasteiger charge is 2.32. The molecule has 0 spiro atoms. The van der Waals surface area contributed by atoms with Gasteiger partial charge in [-0.3, -0.25) is 38.4 Å². The SMILES string of the molecule is CC(C)Oc1ccn2ncc(C(=O)Nc3cn([C@H]4CC[C@H](CN5CCN(CC#Cc6cccc7c6n(C)c(=O)n7C6CCC(=O)NC6=O)CC5)CC4)nc3C(F)F)c2n1. The first kappa shape index (κ1) is 39.9. The van der Waals surface area contributed by atoms with Crippen LogP contribution in [0.5, 0.6) is 5.88 Å². The average Bonchev–Trinajstić information content (AvgIpc) is 3.90. The fourth-order valence-corrected chi connectivity index (χ4v) is 8.46. The molecule has 18 heteroatoms. The van der Waals surface area contributed by atoms with E-state index < -0.39 is 30.0 Å². The molecule has 3 aliphatic rings. The van der Waals surface area contributed by atoms with Crippen LogP contribution in [0.15, 0.2) is 47.7 Å². The zero-order chi connectivity index (χ0) is 41.4. The van der Waals surface area contributed by atoms with Crippen molar-refractivity contribution < 1.29 is 27.9 Å². The summed E-state index contributed by atoms with van der Waals surface area (Å²) in [6, 6.07) is 6.34. The molecule has 1 unspecified atom stereocenters. The maximum absolute atomic E-state index is 14.2. The topological polar surface area (TPSA) is 166 Å². The Kier molecular flexibility index (Phi) is 11.3. The third kappa shape index (κ3) is 8.35. The second-order valence-electron chi connectivity index (χ2n) is 15.8. The Hall–Kier alpha value is -5.93. The summed E-state index contributed by atoms with van der Waals surface area (Å²) < 4.78 is 40.0. The van der Waals surface area contributed by atoms with E-state index in [1.807, 2.05) is 26.0 Å². The number of nitrogens with one attached hydrogen (secondary N) is 2. The first-order valence-electron chi connectivity index (χ1n) is 20.1. The van der Waals surface area contributed by atoms with Crippen LogP contribution in [0.1, 0.15) is 92.5 Å². The lowest BCUT2D eigenvalue weighted by molar-refractivity contribution is -0.135. The van der Waals surface area contributed by atoms with E-state index >= 15 is 0 Å². The number of anilines is 1. The summed E-state index contributed by atoms with van der Waals surface area (Å²) in [5.74, 6) is 5.95. The molecule has 8 rings (SSSR count). The summed E-state index contributed by atoms with van der Waals surface area (Å²) in [7, 11) is 1.67. The fraction of sp³-hybridized carbons (Fsp3) is 0.488. The van der Waals surface area contributed by atoms with Crippen molar-refractivity contribution >= 4 is 40.1 Å². The van der Waals surface area contributed by atoms with Crippen LogP contribution >= 0.6 is 0 Å². The van der Waals surface area contributed by atoms with E-state index in [0.29, 0.717) is 34.9 Å². The van der Waals surface area contributed by atoms with Crippen LogP contribution in [0.25, 0.3) is 16.7 Å². The van der Waals surface area contributed by atoms with E-state index in [9.17, 15) is 28.0 Å². The number of hydrogen-bond acceptors (Lipinski definition) is 10. The Morgan fingerprint density at radius 2 is 1.80 bits per heavy atom. The highest BCUT2D eigenvalue weighted by Crippen LogP contribution is 2.35. The number of alkyl halides is 2. The van der Waals surface area contributed by atoms with Crippen molar-refractivity contribution in [3.63, 3.8) is 0 Å². The first-order valence-corrected chi connectivity index (χ1v) is 20.1. The smallest absolute Gasteiger partial charge is 0.329 e. The second-order valence-corrected chi connectivity index (χ2v) is 15.8. The zero-order valence-corrected chi connectivity index (χ0v) is 33.2. The third-order valence-electron chi connectivity index (χ3n) is 11.5. The molecule has 16 nitrogen and oxygen atoms in total. The number of nitrogens with zero attached hydrogens (tertiary/aromatic N) is 9. The van der Waals surface area contributed by atoms with E-state index in [1.165, 1.54) is 26.0 Å². The Morgan fingerprint density at radius 1 is 1.03 bits per heavy atom. The molecule has 1 saturated carbocycles. The molecule has 59 heavy (non-hydrogen) atoms. The van der Waals surface area contributed by atoms with Crippen LogP contribution in [0.4, 0.5) is 14.5 Å². The quantitative estimate of drug-likeness (QED) is 0.156. The Labute approximate surface area is 338 Å². The molecule has 1 aromatic carbocycles. The fourth-order valence-electron chi connectivity index (χ4n) is 8.46.